The van der Waals surface area contributed by atoms with Gasteiger partial charge in [0.15, 0.2) is 0 Å². The molecule has 0 bridgehead atoms. The van der Waals surface area contributed by atoms with Crippen molar-refractivity contribution in [3.63, 3.8) is 0 Å². The van der Waals surface area contributed by atoms with Gasteiger partial charge >= 0.3 is 0 Å². The molecule has 1 aromatic heterocycles. The molecule has 0 aliphatic carbocycles. The summed E-state index contributed by atoms with van der Waals surface area (Å²) in [6.07, 6.45) is 4.38. The van der Waals surface area contributed by atoms with Crippen LogP contribution in [0.2, 0.25) is 0 Å². The third-order valence-corrected chi connectivity index (χ3v) is 4.82. The Balaban J connectivity index is 1.74. The normalized spacial score (nSPS) is 10.8. The van der Waals surface area contributed by atoms with Crippen molar-refractivity contribution in [1.82, 2.24) is 10.4 Å². The number of aromatic nitrogens is 1. The Morgan fingerprint density at radius 1 is 1.14 bits per heavy atom. The van der Waals surface area contributed by atoms with Crippen molar-refractivity contribution >= 4 is 29.6 Å². The van der Waals surface area contributed by atoms with Crippen LogP contribution in [-0.4, -0.2) is 22.0 Å². The SMILES string of the molecule is Cc1ccc(Sc2ccc(/C=N\NC(=O)c3ccncc3)cc2[N+](=O)[O-])cc1. The van der Waals surface area contributed by atoms with Gasteiger partial charge in [-0.3, -0.25) is 19.9 Å². The summed E-state index contributed by atoms with van der Waals surface area (Å²) < 4.78 is 0. The van der Waals surface area contributed by atoms with Gasteiger partial charge in [-0.15, -0.1) is 0 Å². The Morgan fingerprint density at radius 3 is 2.54 bits per heavy atom. The van der Waals surface area contributed by atoms with Gasteiger partial charge in [-0.1, -0.05) is 35.5 Å². The van der Waals surface area contributed by atoms with Crippen molar-refractivity contribution in [2.45, 2.75) is 16.7 Å². The summed E-state index contributed by atoms with van der Waals surface area (Å²) in [6.45, 7) is 1.98. The highest BCUT2D eigenvalue weighted by Gasteiger charge is 2.15. The van der Waals surface area contributed by atoms with E-state index in [1.54, 1.807) is 24.3 Å². The lowest BCUT2D eigenvalue weighted by molar-refractivity contribution is -0.387. The number of benzene rings is 2. The molecule has 8 heteroatoms. The summed E-state index contributed by atoms with van der Waals surface area (Å²) in [4.78, 5) is 28.2. The second-order valence-electron chi connectivity index (χ2n) is 5.83. The highest BCUT2D eigenvalue weighted by Crippen LogP contribution is 2.35. The van der Waals surface area contributed by atoms with Gasteiger partial charge in [0, 0.05) is 34.5 Å². The van der Waals surface area contributed by atoms with E-state index < -0.39 is 4.92 Å². The van der Waals surface area contributed by atoms with Crippen molar-refractivity contribution in [2.24, 2.45) is 5.10 Å². The Kier molecular flexibility index (Phi) is 6.13. The summed E-state index contributed by atoms with van der Waals surface area (Å²) in [5.41, 5.74) is 4.42. The fourth-order valence-corrected chi connectivity index (χ4v) is 3.21. The van der Waals surface area contributed by atoms with Crippen LogP contribution in [0.25, 0.3) is 0 Å². The van der Waals surface area contributed by atoms with Crippen LogP contribution >= 0.6 is 11.8 Å². The maximum absolute atomic E-state index is 11.9. The lowest BCUT2D eigenvalue weighted by atomic mass is 10.2. The first-order chi connectivity index (χ1) is 13.5. The van der Waals surface area contributed by atoms with Crippen LogP contribution in [0.15, 0.2) is 81.9 Å². The molecule has 140 valence electrons. The number of hydrazone groups is 1. The monoisotopic (exact) mass is 392 g/mol. The number of amides is 1. The second kappa shape index (κ2) is 8.92. The van der Waals surface area contributed by atoms with Crippen molar-refractivity contribution < 1.29 is 9.72 Å². The van der Waals surface area contributed by atoms with Crippen LogP contribution in [0.4, 0.5) is 5.69 Å². The number of nitro benzene ring substituents is 1. The Labute approximate surface area is 165 Å². The third kappa shape index (κ3) is 5.01. The van der Waals surface area contributed by atoms with E-state index >= 15 is 0 Å². The van der Waals surface area contributed by atoms with Crippen molar-refractivity contribution in [3.8, 4) is 0 Å². The topological polar surface area (TPSA) is 97.5 Å². The van der Waals surface area contributed by atoms with E-state index in [-0.39, 0.29) is 11.6 Å². The molecule has 28 heavy (non-hydrogen) atoms. The molecule has 0 saturated carbocycles. The molecule has 0 fully saturated rings. The fraction of sp³-hybridized carbons (Fsp3) is 0.0500. The van der Waals surface area contributed by atoms with Gasteiger partial charge in [0.2, 0.25) is 0 Å². The number of aryl methyl sites for hydroxylation is 1. The largest absolute Gasteiger partial charge is 0.283 e. The van der Waals surface area contributed by atoms with Crippen LogP contribution in [0.3, 0.4) is 0 Å². The maximum atomic E-state index is 11.9. The number of nitro groups is 1. The number of carbonyl (C=O) groups is 1. The molecule has 3 aromatic rings. The Bertz CT molecular complexity index is 1020. The zero-order valence-electron chi connectivity index (χ0n) is 14.9. The number of pyridine rings is 1. The molecule has 1 amide bonds. The summed E-state index contributed by atoms with van der Waals surface area (Å²) in [7, 11) is 0. The molecule has 0 unspecified atom stereocenters. The molecule has 2 aromatic carbocycles. The van der Waals surface area contributed by atoms with Crippen LogP contribution in [-0.2, 0) is 0 Å². The fourth-order valence-electron chi connectivity index (χ4n) is 2.31. The maximum Gasteiger partial charge on any atom is 0.283 e. The predicted octanol–water partition coefficient (Wildman–Crippen LogP) is 4.21. The molecular formula is C20H16N4O3S. The molecule has 0 radical (unpaired) electrons. The number of nitrogens with zero attached hydrogens (tertiary/aromatic N) is 3. The molecule has 3 rings (SSSR count). The number of hydrogen-bond acceptors (Lipinski definition) is 6. The Morgan fingerprint density at radius 2 is 1.86 bits per heavy atom. The highest BCUT2D eigenvalue weighted by molar-refractivity contribution is 7.99. The molecule has 0 aliphatic heterocycles. The van der Waals surface area contributed by atoms with Crippen molar-refractivity contribution in [2.75, 3.05) is 0 Å². The van der Waals surface area contributed by atoms with Gasteiger partial charge in [0.05, 0.1) is 16.0 Å². The molecule has 0 spiro atoms. The summed E-state index contributed by atoms with van der Waals surface area (Å²) in [6, 6.07) is 15.7. The highest BCUT2D eigenvalue weighted by atomic mass is 32.2. The average molecular weight is 392 g/mol. The van der Waals surface area contributed by atoms with E-state index in [4.69, 9.17) is 0 Å². The molecule has 0 atom stereocenters. The smallest absolute Gasteiger partial charge is 0.267 e. The minimum absolute atomic E-state index is 0.0185. The van der Waals surface area contributed by atoms with E-state index in [2.05, 4.69) is 15.5 Å². The summed E-state index contributed by atoms with van der Waals surface area (Å²) in [5, 5.41) is 15.3. The Hall–Kier alpha value is -3.52. The third-order valence-electron chi connectivity index (χ3n) is 3.75. The minimum Gasteiger partial charge on any atom is -0.267 e. The molecule has 1 heterocycles. The molecular weight excluding hydrogens is 376 g/mol. The molecule has 1 N–H and O–H groups in total. The van der Waals surface area contributed by atoms with E-state index in [0.29, 0.717) is 16.0 Å². The van der Waals surface area contributed by atoms with Gasteiger partial charge in [0.25, 0.3) is 11.6 Å². The molecule has 0 saturated heterocycles. The molecule has 0 aliphatic rings. The van der Waals surface area contributed by atoms with E-state index in [9.17, 15) is 14.9 Å². The first-order valence-corrected chi connectivity index (χ1v) is 9.11. The summed E-state index contributed by atoms with van der Waals surface area (Å²) in [5.74, 6) is -0.389. The van der Waals surface area contributed by atoms with Crippen LogP contribution in [0.5, 0.6) is 0 Å². The molecule has 7 nitrogen and oxygen atoms in total. The predicted molar refractivity (Wildman–Crippen MR) is 108 cm³/mol. The number of hydrogen-bond donors (Lipinski definition) is 1. The van der Waals surface area contributed by atoms with Crippen LogP contribution in [0, 0.1) is 17.0 Å². The lowest BCUT2D eigenvalue weighted by Gasteiger charge is -2.05. The van der Waals surface area contributed by atoms with E-state index in [1.165, 1.54) is 36.4 Å². The lowest BCUT2D eigenvalue weighted by Crippen LogP contribution is -2.17. The van der Waals surface area contributed by atoms with Crippen LogP contribution < -0.4 is 5.43 Å². The minimum atomic E-state index is -0.427. The number of nitrogens with one attached hydrogen (secondary N) is 1. The quantitative estimate of drug-likeness (QED) is 0.385. The first-order valence-electron chi connectivity index (χ1n) is 8.29. The standard InChI is InChI=1S/C20H16N4O3S/c1-14-2-5-17(6-3-14)28-19-7-4-15(12-18(19)24(26)27)13-22-23-20(25)16-8-10-21-11-9-16/h2-13H,1H3,(H,23,25)/b22-13-. The van der Waals surface area contributed by atoms with Gasteiger partial charge in [-0.2, -0.15) is 5.10 Å². The van der Waals surface area contributed by atoms with Gasteiger partial charge in [-0.05, 0) is 37.3 Å². The second-order valence-corrected chi connectivity index (χ2v) is 6.95. The average Bonchev–Trinajstić information content (AvgIpc) is 2.71. The number of carbonyl (C=O) groups excluding carboxylic acids is 1. The van der Waals surface area contributed by atoms with Gasteiger partial charge in [0.1, 0.15) is 0 Å². The van der Waals surface area contributed by atoms with Crippen LogP contribution in [0.1, 0.15) is 21.5 Å². The van der Waals surface area contributed by atoms with Crippen molar-refractivity contribution in [1.29, 1.82) is 0 Å². The van der Waals surface area contributed by atoms with Gasteiger partial charge < -0.3 is 0 Å². The zero-order valence-corrected chi connectivity index (χ0v) is 15.7. The van der Waals surface area contributed by atoms with E-state index in [1.807, 2.05) is 31.2 Å². The first kappa shape index (κ1) is 19.2. The van der Waals surface area contributed by atoms with E-state index in [0.717, 1.165) is 10.5 Å². The zero-order chi connectivity index (χ0) is 19.9. The number of rotatable bonds is 6. The van der Waals surface area contributed by atoms with Gasteiger partial charge in [-0.25, -0.2) is 5.43 Å². The van der Waals surface area contributed by atoms with Crippen molar-refractivity contribution in [3.05, 3.63) is 93.8 Å². The summed E-state index contributed by atoms with van der Waals surface area (Å²) >= 11 is 1.32.